The lowest BCUT2D eigenvalue weighted by atomic mass is 9.79. The zero-order valence-electron chi connectivity index (χ0n) is 20.9. The van der Waals surface area contributed by atoms with Gasteiger partial charge in [-0.15, -0.1) is 0 Å². The van der Waals surface area contributed by atoms with Crippen molar-refractivity contribution >= 4 is 44.9 Å². The summed E-state index contributed by atoms with van der Waals surface area (Å²) < 4.78 is 15.4. The van der Waals surface area contributed by atoms with Gasteiger partial charge in [-0.3, -0.25) is 9.59 Å². The standard InChI is InChI=1S/C29H26ClFN4O3/c1-13(2)14-9-10-15-21(11-14)33-26-18(27(32)36)12-19(30)23(24(15)26)16-5-4-8-22(16)35-28(37)17-6-3-7-20(31)25(17)34-29(35)38/h3-8,12-14,22,33H,9-11H2,1-2H3,(H2,32,36)(H,34,38). The Morgan fingerprint density at radius 1 is 1.21 bits per heavy atom. The number of aromatic amines is 2. The molecular formula is C29H26ClFN4O3. The minimum atomic E-state index is -0.781. The van der Waals surface area contributed by atoms with Crippen LogP contribution in [0.2, 0.25) is 5.02 Å². The predicted octanol–water partition coefficient (Wildman–Crippen LogP) is 5.02. The quantitative estimate of drug-likeness (QED) is 0.343. The smallest absolute Gasteiger partial charge is 0.329 e. The summed E-state index contributed by atoms with van der Waals surface area (Å²) in [4.78, 5) is 45.0. The van der Waals surface area contributed by atoms with Crippen molar-refractivity contribution in [3.63, 3.8) is 0 Å². The molecule has 0 saturated carbocycles. The molecule has 0 radical (unpaired) electrons. The molecule has 2 aliphatic carbocycles. The maximum Gasteiger partial charge on any atom is 0.329 e. The fourth-order valence-corrected chi connectivity index (χ4v) is 6.36. The van der Waals surface area contributed by atoms with Gasteiger partial charge in [0.1, 0.15) is 5.82 Å². The number of nitrogens with two attached hydrogens (primary N) is 1. The molecule has 7 nitrogen and oxygen atoms in total. The first-order chi connectivity index (χ1) is 18.2. The van der Waals surface area contributed by atoms with Gasteiger partial charge < -0.3 is 15.7 Å². The highest BCUT2D eigenvalue weighted by Gasteiger charge is 2.32. The Balaban J connectivity index is 1.59. The Kier molecular flexibility index (Phi) is 5.68. The number of hydrogen-bond donors (Lipinski definition) is 3. The molecule has 2 aromatic carbocycles. The molecule has 0 spiro atoms. The van der Waals surface area contributed by atoms with Gasteiger partial charge in [0.25, 0.3) is 11.5 Å². The topological polar surface area (TPSA) is 114 Å². The van der Waals surface area contributed by atoms with E-state index >= 15 is 0 Å². The Morgan fingerprint density at radius 3 is 2.74 bits per heavy atom. The molecule has 6 rings (SSSR count). The van der Waals surface area contributed by atoms with Crippen LogP contribution in [0.1, 0.15) is 53.5 Å². The second-order valence-electron chi connectivity index (χ2n) is 10.4. The number of nitrogens with one attached hydrogen (secondary N) is 2. The summed E-state index contributed by atoms with van der Waals surface area (Å²) in [5.41, 5.74) is 8.59. The van der Waals surface area contributed by atoms with Crippen LogP contribution in [0.4, 0.5) is 4.39 Å². The van der Waals surface area contributed by atoms with E-state index < -0.39 is 29.0 Å². The Hall–Kier alpha value is -3.91. The normalized spacial score (nSPS) is 18.9. The van der Waals surface area contributed by atoms with Crippen molar-refractivity contribution in [3.05, 3.63) is 96.6 Å². The number of primary amides is 1. The zero-order valence-corrected chi connectivity index (χ0v) is 21.7. The number of H-pyrrole nitrogens is 2. The molecule has 2 aliphatic rings. The minimum absolute atomic E-state index is 0.0725. The van der Waals surface area contributed by atoms with Crippen molar-refractivity contribution in [2.24, 2.45) is 17.6 Å². The van der Waals surface area contributed by atoms with Crippen LogP contribution in [0.15, 0.2) is 52.1 Å². The largest absolute Gasteiger partial charge is 0.366 e. The number of rotatable bonds is 4. The van der Waals surface area contributed by atoms with Crippen LogP contribution in [0.5, 0.6) is 0 Å². The average Bonchev–Trinajstić information content (AvgIpc) is 3.49. The third kappa shape index (κ3) is 3.58. The summed E-state index contributed by atoms with van der Waals surface area (Å²) in [6, 6.07) is 4.87. The number of fused-ring (bicyclic) bond motifs is 4. The molecule has 0 bridgehead atoms. The van der Waals surface area contributed by atoms with Gasteiger partial charge in [0.2, 0.25) is 0 Å². The van der Waals surface area contributed by atoms with E-state index in [1.54, 1.807) is 18.2 Å². The van der Waals surface area contributed by atoms with E-state index in [1.165, 1.54) is 18.2 Å². The monoisotopic (exact) mass is 532 g/mol. The maximum absolute atomic E-state index is 14.3. The van der Waals surface area contributed by atoms with Crippen molar-refractivity contribution in [2.75, 3.05) is 0 Å². The maximum atomic E-state index is 14.3. The van der Waals surface area contributed by atoms with Crippen LogP contribution in [-0.4, -0.2) is 20.4 Å². The minimum Gasteiger partial charge on any atom is -0.366 e. The van der Waals surface area contributed by atoms with Gasteiger partial charge in [-0.05, 0) is 60.4 Å². The Labute approximate surface area is 221 Å². The average molecular weight is 533 g/mol. The van der Waals surface area contributed by atoms with Crippen LogP contribution >= 0.6 is 11.6 Å². The Morgan fingerprint density at radius 2 is 2.00 bits per heavy atom. The predicted molar refractivity (Wildman–Crippen MR) is 147 cm³/mol. The van der Waals surface area contributed by atoms with Crippen LogP contribution in [0.3, 0.4) is 0 Å². The molecule has 38 heavy (non-hydrogen) atoms. The first-order valence-electron chi connectivity index (χ1n) is 12.6. The third-order valence-corrected chi connectivity index (χ3v) is 8.33. The van der Waals surface area contributed by atoms with Crippen molar-refractivity contribution in [1.29, 1.82) is 0 Å². The molecule has 4 N–H and O–H groups in total. The SMILES string of the molecule is CC(C)C1CCc2c([nH]c3c(C(N)=O)cc(Cl)c(C4=CC=CC4n4c(=O)[nH]c5c(F)cccc5c4=O)c23)C1. The fourth-order valence-electron chi connectivity index (χ4n) is 6.04. The van der Waals surface area contributed by atoms with Gasteiger partial charge in [0.05, 0.1) is 28.0 Å². The van der Waals surface area contributed by atoms with E-state index in [0.29, 0.717) is 39.1 Å². The molecule has 0 saturated heterocycles. The number of aromatic nitrogens is 3. The molecule has 2 aromatic heterocycles. The first-order valence-corrected chi connectivity index (χ1v) is 13.0. The van der Waals surface area contributed by atoms with Crippen molar-refractivity contribution in [2.45, 2.75) is 39.2 Å². The number of hydrogen-bond acceptors (Lipinski definition) is 3. The lowest BCUT2D eigenvalue weighted by Crippen LogP contribution is -2.37. The van der Waals surface area contributed by atoms with E-state index in [0.717, 1.165) is 40.5 Å². The number of allylic oxidation sites excluding steroid dienone is 4. The number of para-hydroxylation sites is 1. The lowest BCUT2D eigenvalue weighted by Gasteiger charge is -2.26. The summed E-state index contributed by atoms with van der Waals surface area (Å²) >= 11 is 6.85. The van der Waals surface area contributed by atoms with Gasteiger partial charge in [0.15, 0.2) is 0 Å². The van der Waals surface area contributed by atoms with Crippen LogP contribution in [0, 0.1) is 17.7 Å². The number of carbonyl (C=O) groups is 1. The highest BCUT2D eigenvalue weighted by molar-refractivity contribution is 6.35. The fraction of sp³-hybridized carbons (Fsp3) is 0.276. The van der Waals surface area contributed by atoms with Crippen LogP contribution in [0.25, 0.3) is 27.4 Å². The number of nitrogens with zero attached hydrogens (tertiary/aromatic N) is 1. The molecule has 194 valence electrons. The molecule has 4 aromatic rings. The number of carbonyl (C=O) groups excluding carboxylic acids is 1. The van der Waals surface area contributed by atoms with Gasteiger partial charge in [-0.1, -0.05) is 49.7 Å². The van der Waals surface area contributed by atoms with Crippen LogP contribution < -0.4 is 17.0 Å². The van der Waals surface area contributed by atoms with E-state index in [-0.39, 0.29) is 10.9 Å². The number of amides is 1. The summed E-state index contributed by atoms with van der Waals surface area (Å²) in [5, 5.41) is 1.17. The summed E-state index contributed by atoms with van der Waals surface area (Å²) in [6.45, 7) is 4.42. The molecule has 2 unspecified atom stereocenters. The van der Waals surface area contributed by atoms with E-state index in [2.05, 4.69) is 23.8 Å². The highest BCUT2D eigenvalue weighted by atomic mass is 35.5. The molecular weight excluding hydrogens is 507 g/mol. The Bertz CT molecular complexity index is 1840. The second-order valence-corrected chi connectivity index (χ2v) is 10.9. The van der Waals surface area contributed by atoms with Gasteiger partial charge in [-0.2, -0.15) is 0 Å². The second kappa shape index (κ2) is 8.84. The molecule has 9 heteroatoms. The molecule has 2 atom stereocenters. The lowest BCUT2D eigenvalue weighted by molar-refractivity contribution is 0.100. The molecule has 0 fully saturated rings. The number of halogens is 2. The van der Waals surface area contributed by atoms with Gasteiger partial charge >= 0.3 is 5.69 Å². The number of aryl methyl sites for hydroxylation is 1. The van der Waals surface area contributed by atoms with E-state index in [1.807, 2.05) is 6.08 Å². The highest BCUT2D eigenvalue weighted by Crippen LogP contribution is 2.45. The first kappa shape index (κ1) is 24.4. The van der Waals surface area contributed by atoms with Crippen molar-refractivity contribution in [3.8, 4) is 0 Å². The van der Waals surface area contributed by atoms with E-state index in [9.17, 15) is 18.8 Å². The number of benzene rings is 2. The zero-order chi connectivity index (χ0) is 26.9. The summed E-state index contributed by atoms with van der Waals surface area (Å²) in [6.07, 6.45) is 7.94. The van der Waals surface area contributed by atoms with Crippen molar-refractivity contribution < 1.29 is 9.18 Å². The summed E-state index contributed by atoms with van der Waals surface area (Å²) in [5.74, 6) is -0.258. The van der Waals surface area contributed by atoms with Crippen molar-refractivity contribution in [1.82, 2.24) is 14.5 Å². The van der Waals surface area contributed by atoms with E-state index in [4.69, 9.17) is 17.3 Å². The summed E-state index contributed by atoms with van der Waals surface area (Å²) in [7, 11) is 0. The van der Waals surface area contributed by atoms with Gasteiger partial charge in [-0.25, -0.2) is 13.8 Å². The third-order valence-electron chi connectivity index (χ3n) is 8.03. The van der Waals surface area contributed by atoms with Crippen LogP contribution in [-0.2, 0) is 12.8 Å². The molecule has 1 amide bonds. The molecule has 0 aliphatic heterocycles. The van der Waals surface area contributed by atoms with Gasteiger partial charge in [0, 0.05) is 21.7 Å². The molecule has 2 heterocycles.